The first-order valence-electron chi connectivity index (χ1n) is 7.37. The fraction of sp³-hybridized carbons (Fsp3) is 0.643. The number of hydrogen-bond acceptors (Lipinski definition) is 5. The standard InChI is InChI=1S/C14H19N5O2/c1-11-6-15-18(7-11)9-13-10-19(17-16-13)8-12-4-14(5-12)20-2-3-21-14/h6-7,10,12H,2-5,8-9H2,1H3. The highest BCUT2D eigenvalue weighted by Gasteiger charge is 2.49. The van der Waals surface area contributed by atoms with Gasteiger partial charge in [0.15, 0.2) is 5.79 Å². The van der Waals surface area contributed by atoms with Gasteiger partial charge >= 0.3 is 0 Å². The fourth-order valence-electron chi connectivity index (χ4n) is 3.17. The summed E-state index contributed by atoms with van der Waals surface area (Å²) < 4.78 is 15.1. The summed E-state index contributed by atoms with van der Waals surface area (Å²) in [5.41, 5.74) is 2.08. The van der Waals surface area contributed by atoms with Crippen LogP contribution < -0.4 is 0 Å². The van der Waals surface area contributed by atoms with Crippen molar-refractivity contribution in [2.24, 2.45) is 5.92 Å². The normalized spacial score (nSPS) is 21.0. The molecule has 1 aliphatic heterocycles. The molecule has 0 N–H and O–H groups in total. The van der Waals surface area contributed by atoms with Crippen molar-refractivity contribution in [2.45, 2.75) is 38.6 Å². The minimum atomic E-state index is -0.277. The van der Waals surface area contributed by atoms with E-state index in [0.29, 0.717) is 12.5 Å². The van der Waals surface area contributed by atoms with E-state index in [4.69, 9.17) is 9.47 Å². The maximum Gasteiger partial charge on any atom is 0.169 e. The molecule has 21 heavy (non-hydrogen) atoms. The molecule has 0 aromatic carbocycles. The average Bonchev–Trinajstić information content (AvgIpc) is 3.12. The van der Waals surface area contributed by atoms with Crippen molar-refractivity contribution in [1.82, 2.24) is 24.8 Å². The van der Waals surface area contributed by atoms with Crippen LogP contribution >= 0.6 is 0 Å². The monoisotopic (exact) mass is 289 g/mol. The van der Waals surface area contributed by atoms with Gasteiger partial charge in [0, 0.05) is 25.6 Å². The Balaban J connectivity index is 1.33. The second-order valence-corrected chi connectivity index (χ2v) is 6.03. The molecule has 4 rings (SSSR count). The fourth-order valence-corrected chi connectivity index (χ4v) is 3.17. The Morgan fingerprint density at radius 3 is 2.76 bits per heavy atom. The zero-order valence-corrected chi connectivity index (χ0v) is 12.1. The molecule has 7 nitrogen and oxygen atoms in total. The second kappa shape index (κ2) is 4.92. The Labute approximate surface area is 122 Å². The Bertz CT molecular complexity index is 621. The molecule has 0 bridgehead atoms. The maximum absolute atomic E-state index is 5.65. The molecule has 0 amide bonds. The molecule has 2 aliphatic rings. The molecule has 2 aromatic heterocycles. The van der Waals surface area contributed by atoms with E-state index in [-0.39, 0.29) is 5.79 Å². The lowest BCUT2D eigenvalue weighted by Crippen LogP contribution is -2.46. The number of nitrogens with zero attached hydrogens (tertiary/aromatic N) is 5. The maximum atomic E-state index is 5.65. The largest absolute Gasteiger partial charge is 0.348 e. The van der Waals surface area contributed by atoms with Crippen LogP contribution in [-0.2, 0) is 22.6 Å². The first kappa shape index (κ1) is 13.0. The van der Waals surface area contributed by atoms with Crippen molar-refractivity contribution >= 4 is 0 Å². The number of aromatic nitrogens is 5. The highest BCUT2D eigenvalue weighted by molar-refractivity contribution is 5.02. The van der Waals surface area contributed by atoms with E-state index in [1.807, 2.05) is 34.9 Å². The zero-order valence-electron chi connectivity index (χ0n) is 12.1. The van der Waals surface area contributed by atoms with Gasteiger partial charge in [0.05, 0.1) is 32.2 Å². The number of rotatable bonds is 4. The van der Waals surface area contributed by atoms with Crippen molar-refractivity contribution in [2.75, 3.05) is 13.2 Å². The van der Waals surface area contributed by atoms with Gasteiger partial charge in [-0.3, -0.25) is 9.36 Å². The van der Waals surface area contributed by atoms with Gasteiger partial charge < -0.3 is 9.47 Å². The van der Waals surface area contributed by atoms with Crippen molar-refractivity contribution in [1.29, 1.82) is 0 Å². The summed E-state index contributed by atoms with van der Waals surface area (Å²) in [6.07, 6.45) is 7.77. The van der Waals surface area contributed by atoms with Gasteiger partial charge in [-0.15, -0.1) is 5.10 Å². The van der Waals surface area contributed by atoms with Gasteiger partial charge in [-0.2, -0.15) is 5.10 Å². The van der Waals surface area contributed by atoms with Crippen LogP contribution in [0.2, 0.25) is 0 Å². The van der Waals surface area contributed by atoms with Gasteiger partial charge in [-0.1, -0.05) is 5.21 Å². The van der Waals surface area contributed by atoms with Crippen LogP contribution in [0, 0.1) is 12.8 Å². The third-order valence-electron chi connectivity index (χ3n) is 4.13. The minimum absolute atomic E-state index is 0.277. The van der Waals surface area contributed by atoms with Crippen molar-refractivity contribution in [3.8, 4) is 0 Å². The Kier molecular flexibility index (Phi) is 3.04. The van der Waals surface area contributed by atoms with Crippen LogP contribution in [-0.4, -0.2) is 43.8 Å². The Hall–Kier alpha value is -1.73. The molecule has 0 unspecified atom stereocenters. The molecule has 2 aromatic rings. The quantitative estimate of drug-likeness (QED) is 0.839. The van der Waals surface area contributed by atoms with E-state index in [2.05, 4.69) is 15.4 Å². The molecule has 7 heteroatoms. The van der Waals surface area contributed by atoms with Crippen LogP contribution in [0.5, 0.6) is 0 Å². The van der Waals surface area contributed by atoms with E-state index in [1.165, 1.54) is 0 Å². The van der Waals surface area contributed by atoms with Gasteiger partial charge in [0.25, 0.3) is 0 Å². The highest BCUT2D eigenvalue weighted by atomic mass is 16.7. The van der Waals surface area contributed by atoms with E-state index >= 15 is 0 Å². The molecule has 1 saturated heterocycles. The Morgan fingerprint density at radius 1 is 1.24 bits per heavy atom. The molecule has 2 fully saturated rings. The summed E-state index contributed by atoms with van der Waals surface area (Å²) in [5, 5.41) is 12.7. The first-order chi connectivity index (χ1) is 10.2. The van der Waals surface area contributed by atoms with Crippen LogP contribution in [0.15, 0.2) is 18.6 Å². The van der Waals surface area contributed by atoms with E-state index in [9.17, 15) is 0 Å². The molecule has 112 valence electrons. The molecule has 3 heterocycles. The van der Waals surface area contributed by atoms with Crippen molar-refractivity contribution < 1.29 is 9.47 Å². The van der Waals surface area contributed by atoms with Crippen LogP contribution in [0.3, 0.4) is 0 Å². The molecule has 0 radical (unpaired) electrons. The van der Waals surface area contributed by atoms with E-state index in [1.54, 1.807) is 0 Å². The van der Waals surface area contributed by atoms with E-state index in [0.717, 1.165) is 43.9 Å². The summed E-state index contributed by atoms with van der Waals surface area (Å²) in [7, 11) is 0. The third kappa shape index (κ3) is 2.58. The molecule has 0 atom stereocenters. The molecule has 1 spiro atoms. The summed E-state index contributed by atoms with van der Waals surface area (Å²) >= 11 is 0. The average molecular weight is 289 g/mol. The van der Waals surface area contributed by atoms with Crippen LogP contribution in [0.4, 0.5) is 0 Å². The SMILES string of the molecule is Cc1cnn(Cc2cn(CC3CC4(C3)OCCO4)nn2)c1. The smallest absolute Gasteiger partial charge is 0.169 e. The predicted octanol–water partition coefficient (Wildman–Crippen LogP) is 0.984. The minimum Gasteiger partial charge on any atom is -0.348 e. The number of ether oxygens (including phenoxy) is 2. The van der Waals surface area contributed by atoms with Crippen LogP contribution in [0.25, 0.3) is 0 Å². The lowest BCUT2D eigenvalue weighted by atomic mass is 9.79. The third-order valence-corrected chi connectivity index (χ3v) is 4.13. The van der Waals surface area contributed by atoms with Gasteiger partial charge in [-0.05, 0) is 18.4 Å². The second-order valence-electron chi connectivity index (χ2n) is 6.03. The molecular weight excluding hydrogens is 270 g/mol. The summed E-state index contributed by atoms with van der Waals surface area (Å²) in [5.74, 6) is 0.283. The van der Waals surface area contributed by atoms with E-state index < -0.39 is 0 Å². The summed E-state index contributed by atoms with van der Waals surface area (Å²) in [6, 6.07) is 0. The predicted molar refractivity (Wildman–Crippen MR) is 73.4 cm³/mol. The lowest BCUT2D eigenvalue weighted by molar-refractivity contribution is -0.232. The zero-order chi connectivity index (χ0) is 14.3. The number of hydrogen-bond donors (Lipinski definition) is 0. The lowest BCUT2D eigenvalue weighted by Gasteiger charge is -2.42. The Morgan fingerprint density at radius 2 is 2.05 bits per heavy atom. The van der Waals surface area contributed by atoms with Gasteiger partial charge in [0.1, 0.15) is 5.69 Å². The molecule has 1 aliphatic carbocycles. The first-order valence-corrected chi connectivity index (χ1v) is 7.37. The molecule has 1 saturated carbocycles. The summed E-state index contributed by atoms with van der Waals surface area (Å²) in [6.45, 7) is 5.02. The summed E-state index contributed by atoms with van der Waals surface area (Å²) in [4.78, 5) is 0. The van der Waals surface area contributed by atoms with Crippen molar-refractivity contribution in [3.05, 3.63) is 29.8 Å². The number of aryl methyl sites for hydroxylation is 1. The van der Waals surface area contributed by atoms with Crippen molar-refractivity contribution in [3.63, 3.8) is 0 Å². The highest BCUT2D eigenvalue weighted by Crippen LogP contribution is 2.44. The van der Waals surface area contributed by atoms with Gasteiger partial charge in [-0.25, -0.2) is 0 Å². The van der Waals surface area contributed by atoms with Gasteiger partial charge in [0.2, 0.25) is 0 Å². The van der Waals surface area contributed by atoms with Crippen LogP contribution in [0.1, 0.15) is 24.1 Å². The topological polar surface area (TPSA) is 67.0 Å². The molecular formula is C14H19N5O2.